The summed E-state index contributed by atoms with van der Waals surface area (Å²) in [6.07, 6.45) is 5.94. The van der Waals surface area contributed by atoms with Crippen LogP contribution in [0.4, 0.5) is 0 Å². The van der Waals surface area contributed by atoms with Crippen LogP contribution in [-0.4, -0.2) is 29.0 Å². The summed E-state index contributed by atoms with van der Waals surface area (Å²) >= 11 is 2.52. The van der Waals surface area contributed by atoms with Gasteiger partial charge < -0.3 is 9.88 Å². The Morgan fingerprint density at radius 3 is 3.16 bits per heavy atom. The SMILES string of the molecule is C[NH+]1CC(CI)C=C2c3cccc4[nH]cc(c34)C[C@H]21. The van der Waals surface area contributed by atoms with Crippen LogP contribution >= 0.6 is 22.6 Å². The monoisotopic (exact) mass is 365 g/mol. The van der Waals surface area contributed by atoms with Crippen LogP contribution < -0.4 is 4.90 Å². The molecule has 2 unspecified atom stereocenters. The second-order valence-electron chi connectivity index (χ2n) is 5.89. The summed E-state index contributed by atoms with van der Waals surface area (Å²) in [5.41, 5.74) is 5.85. The standard InChI is InChI=1S/C16H17IN2/c1-19-9-10(7-17)5-13-12-3-2-4-14-16(12)11(8-18-14)6-15(13)19/h2-5,8,10,15,18H,6-7,9H2,1H3/p+1/t10?,15-/m1/s1. The maximum Gasteiger partial charge on any atom is 0.117 e. The number of fused-ring (bicyclic) bond motifs is 2. The van der Waals surface area contributed by atoms with E-state index >= 15 is 0 Å². The number of likely N-dealkylation sites (N-methyl/N-ethyl adjacent to an activating group) is 1. The third-order valence-corrected chi connectivity index (χ3v) is 5.82. The summed E-state index contributed by atoms with van der Waals surface area (Å²) in [5, 5.41) is 1.46. The van der Waals surface area contributed by atoms with E-state index in [9.17, 15) is 0 Å². The topological polar surface area (TPSA) is 20.2 Å². The quantitative estimate of drug-likeness (QED) is 0.570. The molecule has 0 bridgehead atoms. The summed E-state index contributed by atoms with van der Waals surface area (Å²) in [7, 11) is 2.36. The minimum atomic E-state index is 0.646. The van der Waals surface area contributed by atoms with E-state index in [0.717, 1.165) is 5.92 Å². The van der Waals surface area contributed by atoms with E-state index in [1.807, 2.05) is 0 Å². The molecule has 2 nitrogen and oxygen atoms in total. The predicted octanol–water partition coefficient (Wildman–Crippen LogP) is 2.06. The van der Waals surface area contributed by atoms with Crippen LogP contribution in [0, 0.1) is 5.92 Å². The molecule has 2 aliphatic rings. The van der Waals surface area contributed by atoms with Crippen molar-refractivity contribution in [1.82, 2.24) is 4.98 Å². The van der Waals surface area contributed by atoms with Gasteiger partial charge in [-0.15, -0.1) is 0 Å². The fourth-order valence-electron chi connectivity index (χ4n) is 3.79. The third-order valence-electron chi connectivity index (χ3n) is 4.69. The van der Waals surface area contributed by atoms with Crippen LogP contribution in [-0.2, 0) is 6.42 Å². The maximum atomic E-state index is 3.43. The van der Waals surface area contributed by atoms with Gasteiger partial charge in [-0.25, -0.2) is 0 Å². The van der Waals surface area contributed by atoms with E-state index in [-0.39, 0.29) is 0 Å². The summed E-state index contributed by atoms with van der Waals surface area (Å²) < 4.78 is 1.22. The first-order chi connectivity index (χ1) is 9.28. The van der Waals surface area contributed by atoms with Crippen LogP contribution in [0.25, 0.3) is 16.5 Å². The molecule has 0 saturated heterocycles. The van der Waals surface area contributed by atoms with Gasteiger partial charge in [-0.3, -0.25) is 0 Å². The number of aromatic amines is 1. The average molecular weight is 365 g/mol. The van der Waals surface area contributed by atoms with Crippen LogP contribution in [0.1, 0.15) is 11.1 Å². The molecule has 0 saturated carbocycles. The molecule has 2 N–H and O–H groups in total. The fourth-order valence-corrected chi connectivity index (χ4v) is 4.35. The molecule has 0 spiro atoms. The first-order valence-corrected chi connectivity index (χ1v) is 8.50. The van der Waals surface area contributed by atoms with Gasteiger partial charge in [0.2, 0.25) is 0 Å². The van der Waals surface area contributed by atoms with Gasteiger partial charge in [0.1, 0.15) is 6.04 Å². The summed E-state index contributed by atoms with van der Waals surface area (Å²) in [4.78, 5) is 5.10. The van der Waals surface area contributed by atoms with Gasteiger partial charge in [0.15, 0.2) is 0 Å². The molecule has 1 aromatic carbocycles. The zero-order valence-corrected chi connectivity index (χ0v) is 13.2. The Bertz CT molecular complexity index is 670. The lowest BCUT2D eigenvalue weighted by atomic mass is 9.80. The molecule has 2 heterocycles. The number of quaternary nitrogens is 1. The summed E-state index contributed by atoms with van der Waals surface area (Å²) in [5.74, 6) is 0.725. The van der Waals surface area contributed by atoms with E-state index in [0.29, 0.717) is 6.04 Å². The first-order valence-electron chi connectivity index (χ1n) is 6.97. The highest BCUT2D eigenvalue weighted by Gasteiger charge is 2.36. The van der Waals surface area contributed by atoms with E-state index in [1.165, 1.54) is 39.4 Å². The van der Waals surface area contributed by atoms with Gasteiger partial charge in [-0.2, -0.15) is 0 Å². The number of rotatable bonds is 1. The van der Waals surface area contributed by atoms with Crippen molar-refractivity contribution in [2.45, 2.75) is 12.5 Å². The van der Waals surface area contributed by atoms with E-state index in [4.69, 9.17) is 0 Å². The van der Waals surface area contributed by atoms with Gasteiger partial charge in [-0.05, 0) is 17.2 Å². The van der Waals surface area contributed by atoms with Gasteiger partial charge in [0.05, 0.1) is 13.6 Å². The minimum Gasteiger partial charge on any atom is -0.361 e. The Labute approximate surface area is 127 Å². The minimum absolute atomic E-state index is 0.646. The first kappa shape index (κ1) is 12.0. The Balaban J connectivity index is 1.97. The Morgan fingerprint density at radius 2 is 2.32 bits per heavy atom. The highest BCUT2D eigenvalue weighted by Crippen LogP contribution is 2.37. The Hall–Kier alpha value is -0.810. The zero-order chi connectivity index (χ0) is 13.0. The van der Waals surface area contributed by atoms with Gasteiger partial charge in [0, 0.05) is 39.4 Å². The number of halogens is 1. The average Bonchev–Trinajstić information content (AvgIpc) is 2.85. The Kier molecular flexibility index (Phi) is 2.74. The highest BCUT2D eigenvalue weighted by molar-refractivity contribution is 14.1. The van der Waals surface area contributed by atoms with Crippen molar-refractivity contribution in [3.05, 3.63) is 41.6 Å². The lowest BCUT2D eigenvalue weighted by Crippen LogP contribution is -3.14. The van der Waals surface area contributed by atoms with Crippen molar-refractivity contribution >= 4 is 39.1 Å². The van der Waals surface area contributed by atoms with Crippen molar-refractivity contribution in [2.75, 3.05) is 18.0 Å². The van der Waals surface area contributed by atoms with Gasteiger partial charge >= 0.3 is 0 Å². The van der Waals surface area contributed by atoms with Crippen LogP contribution in [0.15, 0.2) is 30.5 Å². The number of hydrogen-bond donors (Lipinski definition) is 2. The second-order valence-corrected chi connectivity index (χ2v) is 6.77. The lowest BCUT2D eigenvalue weighted by Gasteiger charge is -2.36. The smallest absolute Gasteiger partial charge is 0.117 e. The number of H-pyrrole nitrogens is 1. The molecule has 0 amide bonds. The van der Waals surface area contributed by atoms with E-state index < -0.39 is 0 Å². The molecule has 0 radical (unpaired) electrons. The molecule has 1 aliphatic heterocycles. The van der Waals surface area contributed by atoms with Gasteiger partial charge in [-0.1, -0.05) is 40.8 Å². The maximum absolute atomic E-state index is 3.43. The number of aromatic nitrogens is 1. The van der Waals surface area contributed by atoms with E-state index in [1.54, 1.807) is 10.5 Å². The number of nitrogens with one attached hydrogen (secondary N) is 2. The zero-order valence-electron chi connectivity index (χ0n) is 11.0. The number of alkyl halides is 1. The number of benzene rings is 1. The molecule has 2 aromatic rings. The van der Waals surface area contributed by atoms with E-state index in [2.05, 4.69) is 65.1 Å². The van der Waals surface area contributed by atoms with Crippen molar-refractivity contribution in [1.29, 1.82) is 0 Å². The van der Waals surface area contributed by atoms with Crippen molar-refractivity contribution in [2.24, 2.45) is 5.92 Å². The third kappa shape index (κ3) is 1.71. The van der Waals surface area contributed by atoms with Crippen LogP contribution in [0.5, 0.6) is 0 Å². The van der Waals surface area contributed by atoms with Crippen LogP contribution in [0.2, 0.25) is 0 Å². The normalized spacial score (nSPS) is 29.2. The van der Waals surface area contributed by atoms with Crippen molar-refractivity contribution in [3.63, 3.8) is 0 Å². The second kappa shape index (κ2) is 4.35. The molecule has 1 aliphatic carbocycles. The van der Waals surface area contributed by atoms with Crippen molar-refractivity contribution < 1.29 is 4.90 Å². The number of hydrogen-bond acceptors (Lipinski definition) is 0. The highest BCUT2D eigenvalue weighted by atomic mass is 127. The predicted molar refractivity (Wildman–Crippen MR) is 87.9 cm³/mol. The Morgan fingerprint density at radius 1 is 1.42 bits per heavy atom. The molecule has 4 rings (SSSR count). The molecule has 0 fully saturated rings. The molecule has 19 heavy (non-hydrogen) atoms. The molecule has 3 heteroatoms. The summed E-state index contributed by atoms with van der Waals surface area (Å²) in [6.45, 7) is 1.27. The lowest BCUT2D eigenvalue weighted by molar-refractivity contribution is -0.900. The molecular formula is C16H18IN2+. The summed E-state index contributed by atoms with van der Waals surface area (Å²) in [6, 6.07) is 7.33. The van der Waals surface area contributed by atoms with Gasteiger partial charge in [0.25, 0.3) is 0 Å². The molecule has 98 valence electrons. The molecule has 3 atom stereocenters. The van der Waals surface area contributed by atoms with Crippen LogP contribution in [0.3, 0.4) is 0 Å². The largest absolute Gasteiger partial charge is 0.361 e. The molecule has 1 aromatic heterocycles. The molecular weight excluding hydrogens is 347 g/mol. The van der Waals surface area contributed by atoms with Crippen molar-refractivity contribution in [3.8, 4) is 0 Å². The fraction of sp³-hybridized carbons (Fsp3) is 0.375.